The normalized spacial score (nSPS) is 23.3. The molecule has 0 spiro atoms. The molecule has 0 aromatic heterocycles. The SMILES string of the molecule is CCN(C(=O)[C@H]1[C@@H](C=C(Cl)Cl)C1(C)C)c1ccc2c(c1)OCO2. The second kappa shape index (κ2) is 5.91. The third kappa shape index (κ3) is 2.90. The predicted octanol–water partition coefficient (Wildman–Crippen LogP) is 4.36. The van der Waals surface area contributed by atoms with Crippen LogP contribution in [-0.2, 0) is 4.79 Å². The molecule has 1 aromatic carbocycles. The van der Waals surface area contributed by atoms with Crippen LogP contribution in [0, 0.1) is 17.3 Å². The van der Waals surface area contributed by atoms with Crippen molar-refractivity contribution in [2.45, 2.75) is 20.8 Å². The number of ether oxygens (including phenoxy) is 2. The topological polar surface area (TPSA) is 38.8 Å². The summed E-state index contributed by atoms with van der Waals surface area (Å²) in [7, 11) is 0. The van der Waals surface area contributed by atoms with E-state index in [4.69, 9.17) is 32.7 Å². The number of halogens is 2. The fraction of sp³-hybridized carbons (Fsp3) is 0.471. The lowest BCUT2D eigenvalue weighted by Gasteiger charge is -2.22. The van der Waals surface area contributed by atoms with E-state index < -0.39 is 0 Å². The van der Waals surface area contributed by atoms with E-state index in [1.54, 1.807) is 11.0 Å². The number of anilines is 1. The molecule has 1 aromatic rings. The monoisotopic (exact) mass is 355 g/mol. The van der Waals surface area contributed by atoms with Crippen molar-refractivity contribution < 1.29 is 14.3 Å². The van der Waals surface area contributed by atoms with Gasteiger partial charge in [-0.15, -0.1) is 0 Å². The standard InChI is InChI=1S/C17H19Cl2NO3/c1-4-20(10-5-6-12-13(7-10)23-9-22-12)16(21)15-11(8-14(18)19)17(15,2)3/h5-8,11,15H,4,9H2,1-3H3/t11-,15-/m1/s1. The maximum absolute atomic E-state index is 13.0. The van der Waals surface area contributed by atoms with E-state index in [-0.39, 0.29) is 34.4 Å². The van der Waals surface area contributed by atoms with Crippen LogP contribution in [0.2, 0.25) is 0 Å². The molecule has 0 N–H and O–H groups in total. The molecule has 1 fully saturated rings. The maximum atomic E-state index is 13.0. The molecule has 1 heterocycles. The van der Waals surface area contributed by atoms with Crippen LogP contribution in [0.1, 0.15) is 20.8 Å². The molecule has 23 heavy (non-hydrogen) atoms. The summed E-state index contributed by atoms with van der Waals surface area (Å²) in [6.07, 6.45) is 1.76. The molecular weight excluding hydrogens is 337 g/mol. The fourth-order valence-corrected chi connectivity index (χ4v) is 3.55. The van der Waals surface area contributed by atoms with Crippen LogP contribution in [0.5, 0.6) is 11.5 Å². The first-order valence-corrected chi connectivity index (χ1v) is 8.35. The summed E-state index contributed by atoms with van der Waals surface area (Å²) in [4.78, 5) is 14.8. The smallest absolute Gasteiger partial charge is 0.231 e. The minimum atomic E-state index is -0.143. The Morgan fingerprint density at radius 2 is 2.04 bits per heavy atom. The summed E-state index contributed by atoms with van der Waals surface area (Å²) in [5, 5.41) is 0. The second-order valence-corrected chi connectivity index (χ2v) is 7.41. The highest BCUT2D eigenvalue weighted by molar-refractivity contribution is 6.55. The lowest BCUT2D eigenvalue weighted by Crippen LogP contribution is -2.33. The number of carbonyl (C=O) groups excluding carboxylic acids is 1. The number of hydrogen-bond donors (Lipinski definition) is 0. The third-order valence-electron chi connectivity index (χ3n) is 4.73. The highest BCUT2D eigenvalue weighted by atomic mass is 35.5. The minimum Gasteiger partial charge on any atom is -0.454 e. The number of hydrogen-bond acceptors (Lipinski definition) is 3. The van der Waals surface area contributed by atoms with Gasteiger partial charge in [-0.05, 0) is 36.5 Å². The van der Waals surface area contributed by atoms with Gasteiger partial charge in [0, 0.05) is 18.3 Å². The number of rotatable bonds is 4. The van der Waals surface area contributed by atoms with Crippen molar-refractivity contribution in [3.05, 3.63) is 28.8 Å². The van der Waals surface area contributed by atoms with Crippen molar-refractivity contribution in [1.82, 2.24) is 0 Å². The summed E-state index contributed by atoms with van der Waals surface area (Å²) in [6, 6.07) is 5.56. The van der Waals surface area contributed by atoms with Gasteiger partial charge in [-0.1, -0.05) is 37.0 Å². The molecule has 1 amide bonds. The third-order valence-corrected chi connectivity index (χ3v) is 4.98. The van der Waals surface area contributed by atoms with Gasteiger partial charge < -0.3 is 14.4 Å². The molecular formula is C17H19Cl2NO3. The van der Waals surface area contributed by atoms with E-state index in [1.807, 2.05) is 25.1 Å². The zero-order valence-electron chi connectivity index (χ0n) is 13.3. The van der Waals surface area contributed by atoms with Gasteiger partial charge in [0.25, 0.3) is 0 Å². The highest BCUT2D eigenvalue weighted by Crippen LogP contribution is 2.60. The molecule has 0 unspecified atom stereocenters. The fourth-order valence-electron chi connectivity index (χ4n) is 3.28. The van der Waals surface area contributed by atoms with Crippen molar-refractivity contribution in [2.24, 2.45) is 17.3 Å². The first-order chi connectivity index (χ1) is 10.9. The summed E-state index contributed by atoms with van der Waals surface area (Å²) >= 11 is 11.6. The van der Waals surface area contributed by atoms with Crippen LogP contribution in [0.3, 0.4) is 0 Å². The van der Waals surface area contributed by atoms with Crippen LogP contribution >= 0.6 is 23.2 Å². The average Bonchev–Trinajstić information content (AvgIpc) is 2.85. The van der Waals surface area contributed by atoms with E-state index in [1.165, 1.54) is 0 Å². The Hall–Kier alpha value is -1.39. The largest absolute Gasteiger partial charge is 0.454 e. The van der Waals surface area contributed by atoms with E-state index in [0.717, 1.165) is 5.69 Å². The summed E-state index contributed by atoms with van der Waals surface area (Å²) in [5.74, 6) is 1.39. The maximum Gasteiger partial charge on any atom is 0.231 e. The number of carbonyl (C=O) groups is 1. The van der Waals surface area contributed by atoms with Gasteiger partial charge in [-0.2, -0.15) is 0 Å². The van der Waals surface area contributed by atoms with Crippen LogP contribution in [-0.4, -0.2) is 19.2 Å². The van der Waals surface area contributed by atoms with Crippen molar-refractivity contribution in [1.29, 1.82) is 0 Å². The molecule has 0 radical (unpaired) electrons. The molecule has 1 aliphatic carbocycles. The quantitative estimate of drug-likeness (QED) is 0.805. The summed E-state index contributed by atoms with van der Waals surface area (Å²) < 4.78 is 10.9. The molecule has 0 bridgehead atoms. The van der Waals surface area contributed by atoms with Crippen molar-refractivity contribution in [3.63, 3.8) is 0 Å². The Morgan fingerprint density at radius 1 is 1.35 bits per heavy atom. The Kier molecular flexibility index (Phi) is 4.23. The average molecular weight is 356 g/mol. The molecule has 1 aliphatic heterocycles. The lowest BCUT2D eigenvalue weighted by atomic mass is 10.1. The van der Waals surface area contributed by atoms with Gasteiger partial charge in [0.1, 0.15) is 4.49 Å². The van der Waals surface area contributed by atoms with E-state index in [2.05, 4.69) is 13.8 Å². The number of fused-ring (bicyclic) bond motifs is 1. The zero-order valence-corrected chi connectivity index (χ0v) is 14.8. The Morgan fingerprint density at radius 3 is 2.70 bits per heavy atom. The van der Waals surface area contributed by atoms with Crippen LogP contribution in [0.15, 0.2) is 28.8 Å². The Balaban J connectivity index is 1.84. The highest BCUT2D eigenvalue weighted by Gasteiger charge is 2.61. The molecule has 6 heteroatoms. The van der Waals surface area contributed by atoms with Gasteiger partial charge in [-0.3, -0.25) is 4.79 Å². The van der Waals surface area contributed by atoms with E-state index in [9.17, 15) is 4.79 Å². The zero-order chi connectivity index (χ0) is 16.8. The van der Waals surface area contributed by atoms with Gasteiger partial charge in [0.05, 0.1) is 5.92 Å². The second-order valence-electron chi connectivity index (χ2n) is 6.40. The van der Waals surface area contributed by atoms with Crippen molar-refractivity contribution in [2.75, 3.05) is 18.2 Å². The molecule has 0 saturated heterocycles. The first-order valence-electron chi connectivity index (χ1n) is 7.60. The molecule has 124 valence electrons. The first kappa shape index (κ1) is 16.5. The number of amides is 1. The van der Waals surface area contributed by atoms with Crippen LogP contribution < -0.4 is 14.4 Å². The van der Waals surface area contributed by atoms with Crippen LogP contribution in [0.4, 0.5) is 5.69 Å². The molecule has 2 aliphatic rings. The van der Waals surface area contributed by atoms with Gasteiger partial charge in [-0.25, -0.2) is 0 Å². The Bertz CT molecular complexity index is 668. The molecule has 2 atom stereocenters. The number of nitrogens with zero attached hydrogens (tertiary/aromatic N) is 1. The van der Waals surface area contributed by atoms with E-state index >= 15 is 0 Å². The summed E-state index contributed by atoms with van der Waals surface area (Å²) in [5.41, 5.74) is 0.666. The van der Waals surface area contributed by atoms with Gasteiger partial charge >= 0.3 is 0 Å². The molecule has 4 nitrogen and oxygen atoms in total. The number of benzene rings is 1. The van der Waals surface area contributed by atoms with Gasteiger partial charge in [0.15, 0.2) is 11.5 Å². The van der Waals surface area contributed by atoms with Crippen LogP contribution in [0.25, 0.3) is 0 Å². The van der Waals surface area contributed by atoms with Gasteiger partial charge in [0.2, 0.25) is 12.7 Å². The number of allylic oxidation sites excluding steroid dienone is 1. The van der Waals surface area contributed by atoms with Crippen molar-refractivity contribution in [3.8, 4) is 11.5 Å². The molecule has 1 saturated carbocycles. The lowest BCUT2D eigenvalue weighted by molar-refractivity contribution is -0.120. The Labute approximate surface area is 145 Å². The van der Waals surface area contributed by atoms with E-state index in [0.29, 0.717) is 18.0 Å². The van der Waals surface area contributed by atoms with Crippen molar-refractivity contribution >= 4 is 34.8 Å². The minimum absolute atomic E-state index is 0.0584. The predicted molar refractivity (Wildman–Crippen MR) is 91.1 cm³/mol. The molecule has 3 rings (SSSR count). The summed E-state index contributed by atoms with van der Waals surface area (Å²) in [6.45, 7) is 6.87.